The number of rotatable bonds is 5. The first-order valence-corrected chi connectivity index (χ1v) is 9.09. The third kappa shape index (κ3) is 2.93. The molecule has 0 bridgehead atoms. The summed E-state index contributed by atoms with van der Waals surface area (Å²) in [7, 11) is 0. The minimum absolute atomic E-state index is 0.0895. The Balaban J connectivity index is 1.21. The summed E-state index contributed by atoms with van der Waals surface area (Å²) in [6.45, 7) is 3.04. The summed E-state index contributed by atoms with van der Waals surface area (Å²) in [5, 5.41) is 11.1. The largest absolute Gasteiger partial charge is 0.366 e. The van der Waals surface area contributed by atoms with E-state index in [9.17, 15) is 8.78 Å². The zero-order valence-corrected chi connectivity index (χ0v) is 14.9. The molecule has 1 aliphatic heterocycles. The lowest BCUT2D eigenvalue weighted by Crippen LogP contribution is -2.37. The molecular weight excluding hydrogens is 350 g/mol. The number of anilines is 1. The molecule has 1 saturated heterocycles. The summed E-state index contributed by atoms with van der Waals surface area (Å²) in [4.78, 5) is 10.3. The van der Waals surface area contributed by atoms with Crippen LogP contribution >= 0.6 is 0 Å². The topological polar surface area (TPSA) is 69.7 Å². The summed E-state index contributed by atoms with van der Waals surface area (Å²) in [5.74, 6) is -1.31. The highest BCUT2D eigenvalue weighted by Gasteiger charge is 2.57. The molecule has 140 valence electrons. The van der Waals surface area contributed by atoms with Crippen molar-refractivity contribution in [3.05, 3.63) is 47.9 Å². The fourth-order valence-electron chi connectivity index (χ4n) is 4.16. The Morgan fingerprint density at radius 2 is 1.93 bits per heavy atom. The molecule has 0 radical (unpaired) electrons. The Kier molecular flexibility index (Phi) is 3.65. The molecule has 0 spiro atoms. The predicted octanol–water partition coefficient (Wildman–Crippen LogP) is 2.80. The highest BCUT2D eigenvalue weighted by atomic mass is 19.3. The lowest BCUT2D eigenvalue weighted by atomic mass is 10.1. The summed E-state index contributed by atoms with van der Waals surface area (Å²) < 4.78 is 29.2. The van der Waals surface area contributed by atoms with Gasteiger partial charge < -0.3 is 5.32 Å². The summed E-state index contributed by atoms with van der Waals surface area (Å²) in [6, 6.07) is 6.82. The van der Waals surface area contributed by atoms with Crippen molar-refractivity contribution in [2.45, 2.75) is 18.9 Å². The molecule has 27 heavy (non-hydrogen) atoms. The van der Waals surface area contributed by atoms with Crippen molar-refractivity contribution in [1.29, 1.82) is 0 Å². The van der Waals surface area contributed by atoms with Gasteiger partial charge in [-0.1, -0.05) is 29.8 Å². The molecule has 3 aromatic rings. The van der Waals surface area contributed by atoms with Crippen LogP contribution in [0.5, 0.6) is 0 Å². The van der Waals surface area contributed by atoms with Crippen molar-refractivity contribution in [1.82, 2.24) is 25.1 Å². The van der Waals surface area contributed by atoms with Crippen LogP contribution in [0.25, 0.3) is 11.0 Å². The Hall–Kier alpha value is -2.61. The van der Waals surface area contributed by atoms with Gasteiger partial charge in [-0.2, -0.15) is 13.9 Å². The van der Waals surface area contributed by atoms with Crippen molar-refractivity contribution in [2.75, 3.05) is 25.0 Å². The number of aromatic nitrogens is 4. The molecule has 5 rings (SSSR count). The van der Waals surface area contributed by atoms with E-state index in [1.807, 2.05) is 11.8 Å². The van der Waals surface area contributed by atoms with Crippen molar-refractivity contribution in [2.24, 2.45) is 11.8 Å². The maximum atomic E-state index is 14.6. The summed E-state index contributed by atoms with van der Waals surface area (Å²) in [5.41, 5.74) is 1.77. The monoisotopic (exact) mass is 370 g/mol. The van der Waals surface area contributed by atoms with Gasteiger partial charge >= 0.3 is 0 Å². The van der Waals surface area contributed by atoms with Gasteiger partial charge in [0.25, 0.3) is 5.92 Å². The molecular formula is C19H20F2N6. The van der Waals surface area contributed by atoms with Gasteiger partial charge in [-0.05, 0) is 18.8 Å². The normalized spacial score (nSPS) is 24.9. The smallest absolute Gasteiger partial charge is 0.285 e. The first-order valence-electron chi connectivity index (χ1n) is 9.09. The average molecular weight is 370 g/mol. The van der Waals surface area contributed by atoms with E-state index in [0.717, 1.165) is 16.8 Å². The second-order valence-electron chi connectivity index (χ2n) is 7.62. The SMILES string of the molecule is Cc1ccc(C(F)(F)CN2C[C@@H]3C(Nc4ncnc5[nH]ncc45)[C@@H]3C2)cc1. The number of H-pyrrole nitrogens is 1. The number of benzene rings is 1. The molecule has 3 heterocycles. The Labute approximate surface area is 155 Å². The molecule has 2 aromatic heterocycles. The number of piperidine rings is 1. The molecule has 0 amide bonds. The highest BCUT2D eigenvalue weighted by molar-refractivity contribution is 5.85. The van der Waals surface area contributed by atoms with E-state index in [0.29, 0.717) is 30.6 Å². The van der Waals surface area contributed by atoms with E-state index in [1.165, 1.54) is 18.5 Å². The zero-order valence-electron chi connectivity index (χ0n) is 14.9. The van der Waals surface area contributed by atoms with Gasteiger partial charge in [0.15, 0.2) is 5.65 Å². The van der Waals surface area contributed by atoms with E-state index in [1.54, 1.807) is 18.3 Å². The number of aryl methyl sites for hydroxylation is 1. The Morgan fingerprint density at radius 1 is 1.19 bits per heavy atom. The third-order valence-corrected chi connectivity index (χ3v) is 5.72. The van der Waals surface area contributed by atoms with Crippen LogP contribution in [0.1, 0.15) is 11.1 Å². The number of nitrogens with zero attached hydrogens (tertiary/aromatic N) is 4. The van der Waals surface area contributed by atoms with Crippen molar-refractivity contribution in [3.8, 4) is 0 Å². The maximum Gasteiger partial charge on any atom is 0.285 e. The van der Waals surface area contributed by atoms with Crippen LogP contribution in [0, 0.1) is 18.8 Å². The molecule has 6 nitrogen and oxygen atoms in total. The Bertz CT molecular complexity index is 958. The van der Waals surface area contributed by atoms with Crippen LogP contribution in [0.15, 0.2) is 36.8 Å². The number of likely N-dealkylation sites (tertiary alicyclic amines) is 1. The molecule has 2 fully saturated rings. The lowest BCUT2D eigenvalue weighted by Gasteiger charge is -2.26. The number of nitrogens with one attached hydrogen (secondary N) is 2. The van der Waals surface area contributed by atoms with E-state index < -0.39 is 5.92 Å². The molecule has 8 heteroatoms. The number of hydrogen-bond donors (Lipinski definition) is 2. The lowest BCUT2D eigenvalue weighted by molar-refractivity contribution is -0.0352. The standard InChI is InChI=1S/C19H20F2N6/c1-11-2-4-12(5-3-11)19(20,21)9-27-7-14-15(8-27)16(14)25-17-13-6-24-26-18(13)23-10-22-17/h2-6,10,14-16H,7-9H2,1H3,(H2,22,23,24,25,26)/t14-,15+,16?. The fourth-order valence-corrected chi connectivity index (χ4v) is 4.16. The van der Waals surface area contributed by atoms with Gasteiger partial charge in [-0.15, -0.1) is 0 Å². The minimum Gasteiger partial charge on any atom is -0.366 e. The molecule has 1 unspecified atom stereocenters. The first kappa shape index (κ1) is 16.6. The van der Waals surface area contributed by atoms with E-state index in [-0.39, 0.29) is 18.2 Å². The summed E-state index contributed by atoms with van der Waals surface area (Å²) >= 11 is 0. The molecule has 1 aromatic carbocycles. The number of hydrogen-bond acceptors (Lipinski definition) is 5. The van der Waals surface area contributed by atoms with Crippen LogP contribution in [0.2, 0.25) is 0 Å². The molecule has 2 aliphatic rings. The van der Waals surface area contributed by atoms with Crippen LogP contribution in [-0.4, -0.2) is 50.7 Å². The van der Waals surface area contributed by atoms with Crippen molar-refractivity contribution in [3.63, 3.8) is 0 Å². The number of halogens is 2. The van der Waals surface area contributed by atoms with Gasteiger partial charge in [0, 0.05) is 24.7 Å². The second kappa shape index (κ2) is 5.95. The first-order chi connectivity index (χ1) is 13.0. The van der Waals surface area contributed by atoms with Crippen LogP contribution in [-0.2, 0) is 5.92 Å². The number of alkyl halides is 2. The van der Waals surface area contributed by atoms with Crippen LogP contribution in [0.3, 0.4) is 0 Å². The maximum absolute atomic E-state index is 14.6. The van der Waals surface area contributed by atoms with Gasteiger partial charge in [0.1, 0.15) is 12.1 Å². The van der Waals surface area contributed by atoms with Gasteiger partial charge in [-0.25, -0.2) is 9.97 Å². The van der Waals surface area contributed by atoms with Gasteiger partial charge in [0.2, 0.25) is 0 Å². The van der Waals surface area contributed by atoms with Gasteiger partial charge in [-0.3, -0.25) is 10.00 Å². The predicted molar refractivity (Wildman–Crippen MR) is 97.6 cm³/mol. The van der Waals surface area contributed by atoms with Crippen LogP contribution < -0.4 is 5.32 Å². The summed E-state index contributed by atoms with van der Waals surface area (Å²) in [6.07, 6.45) is 3.19. The van der Waals surface area contributed by atoms with E-state index in [2.05, 4.69) is 25.5 Å². The molecule has 2 N–H and O–H groups in total. The molecule has 3 atom stereocenters. The van der Waals surface area contributed by atoms with Crippen LogP contribution in [0.4, 0.5) is 14.6 Å². The van der Waals surface area contributed by atoms with E-state index in [4.69, 9.17) is 0 Å². The average Bonchev–Trinajstić information content (AvgIpc) is 3.03. The Morgan fingerprint density at radius 3 is 2.67 bits per heavy atom. The number of fused-ring (bicyclic) bond motifs is 2. The highest BCUT2D eigenvalue weighted by Crippen LogP contribution is 2.48. The second-order valence-corrected chi connectivity index (χ2v) is 7.62. The minimum atomic E-state index is -2.83. The zero-order chi connectivity index (χ0) is 18.6. The quantitative estimate of drug-likeness (QED) is 0.723. The van der Waals surface area contributed by atoms with E-state index >= 15 is 0 Å². The van der Waals surface area contributed by atoms with Crippen molar-refractivity contribution < 1.29 is 8.78 Å². The number of aromatic amines is 1. The molecule has 1 saturated carbocycles. The van der Waals surface area contributed by atoms with Crippen molar-refractivity contribution >= 4 is 16.9 Å². The third-order valence-electron chi connectivity index (χ3n) is 5.72. The fraction of sp³-hybridized carbons (Fsp3) is 0.421. The molecule has 1 aliphatic carbocycles. The van der Waals surface area contributed by atoms with Gasteiger partial charge in [0.05, 0.1) is 18.1 Å².